The normalized spacial score (nSPS) is 10.5. The molecule has 0 fully saturated rings. The number of aryl methyl sites for hydroxylation is 1. The lowest BCUT2D eigenvalue weighted by Crippen LogP contribution is -2.03. The van der Waals surface area contributed by atoms with E-state index in [-0.39, 0.29) is 23.5 Å². The van der Waals surface area contributed by atoms with Crippen LogP contribution in [0.4, 0.5) is 20.2 Å². The number of benzene rings is 2. The average Bonchev–Trinajstić information content (AvgIpc) is 2.42. The summed E-state index contributed by atoms with van der Waals surface area (Å²) in [5.74, 6) is -1.08. The number of nitro benzene ring substituents is 1. The van der Waals surface area contributed by atoms with Crippen molar-refractivity contribution in [2.75, 3.05) is 5.32 Å². The number of halogens is 3. The largest absolute Gasteiger partial charge is 0.379 e. The maximum atomic E-state index is 13.7. The number of hydrogen-bond donors (Lipinski definition) is 1. The lowest BCUT2D eigenvalue weighted by atomic mass is 10.1. The molecule has 7 heteroatoms. The van der Waals surface area contributed by atoms with Gasteiger partial charge in [-0.05, 0) is 46.1 Å². The smallest absolute Gasteiger partial charge is 0.283 e. The lowest BCUT2D eigenvalue weighted by molar-refractivity contribution is -0.385. The summed E-state index contributed by atoms with van der Waals surface area (Å²) in [6.07, 6.45) is 0. The van der Waals surface area contributed by atoms with E-state index < -0.39 is 16.6 Å². The number of rotatable bonds is 4. The van der Waals surface area contributed by atoms with E-state index in [4.69, 9.17) is 0 Å². The molecule has 0 aliphatic rings. The topological polar surface area (TPSA) is 55.2 Å². The zero-order chi connectivity index (χ0) is 15.6. The Kier molecular flexibility index (Phi) is 4.52. The van der Waals surface area contributed by atoms with E-state index in [0.717, 1.165) is 12.1 Å². The third-order valence-corrected chi connectivity index (χ3v) is 3.61. The highest BCUT2D eigenvalue weighted by molar-refractivity contribution is 9.10. The molecule has 0 radical (unpaired) electrons. The summed E-state index contributed by atoms with van der Waals surface area (Å²) in [7, 11) is 0. The van der Waals surface area contributed by atoms with Crippen LogP contribution < -0.4 is 5.32 Å². The molecule has 4 nitrogen and oxygen atoms in total. The van der Waals surface area contributed by atoms with E-state index in [1.165, 1.54) is 13.0 Å². The minimum absolute atomic E-state index is 0.0173. The summed E-state index contributed by atoms with van der Waals surface area (Å²) < 4.78 is 27.4. The predicted molar refractivity (Wildman–Crippen MR) is 79.2 cm³/mol. The molecular formula is C14H11BrF2N2O2. The van der Waals surface area contributed by atoms with Gasteiger partial charge in [0.1, 0.15) is 11.6 Å². The van der Waals surface area contributed by atoms with E-state index >= 15 is 0 Å². The van der Waals surface area contributed by atoms with Crippen LogP contribution in [-0.2, 0) is 6.54 Å². The number of nitrogens with zero attached hydrogens (tertiary/aromatic N) is 1. The van der Waals surface area contributed by atoms with Crippen molar-refractivity contribution in [1.29, 1.82) is 0 Å². The van der Waals surface area contributed by atoms with Gasteiger partial charge in [0.25, 0.3) is 5.69 Å². The molecule has 0 aliphatic heterocycles. The van der Waals surface area contributed by atoms with Gasteiger partial charge in [0.05, 0.1) is 15.1 Å². The first kappa shape index (κ1) is 15.4. The Balaban J connectivity index is 2.19. The van der Waals surface area contributed by atoms with Crippen LogP contribution in [0.15, 0.2) is 34.8 Å². The SMILES string of the molecule is Cc1cc(F)c(NCc2ccc(Br)c([N+](=O)[O-])c2)cc1F. The van der Waals surface area contributed by atoms with Crippen LogP contribution in [0.3, 0.4) is 0 Å². The number of nitrogens with one attached hydrogen (secondary N) is 1. The Bertz CT molecular complexity index is 708. The van der Waals surface area contributed by atoms with Gasteiger partial charge in [0.15, 0.2) is 0 Å². The summed E-state index contributed by atoms with van der Waals surface area (Å²) in [6.45, 7) is 1.62. The molecule has 21 heavy (non-hydrogen) atoms. The summed E-state index contributed by atoms with van der Waals surface area (Å²) in [5.41, 5.74) is 0.746. The summed E-state index contributed by atoms with van der Waals surface area (Å²) in [4.78, 5) is 10.3. The second kappa shape index (κ2) is 6.17. The van der Waals surface area contributed by atoms with Crippen molar-refractivity contribution in [3.05, 3.63) is 67.7 Å². The van der Waals surface area contributed by atoms with Gasteiger partial charge < -0.3 is 5.32 Å². The Morgan fingerprint density at radius 3 is 2.62 bits per heavy atom. The van der Waals surface area contributed by atoms with Gasteiger partial charge in [-0.3, -0.25) is 10.1 Å². The lowest BCUT2D eigenvalue weighted by Gasteiger charge is -2.09. The van der Waals surface area contributed by atoms with Crippen molar-refractivity contribution in [3.63, 3.8) is 0 Å². The standard InChI is InChI=1S/C14H11BrF2N2O2/c1-8-4-12(17)13(6-11(8)16)18-7-9-2-3-10(15)14(5-9)19(20)21/h2-6,18H,7H2,1H3. The minimum atomic E-state index is -0.569. The van der Waals surface area contributed by atoms with Crippen LogP contribution in [-0.4, -0.2) is 4.92 Å². The fraction of sp³-hybridized carbons (Fsp3) is 0.143. The van der Waals surface area contributed by atoms with Crippen LogP contribution in [0.25, 0.3) is 0 Å². The van der Waals surface area contributed by atoms with Gasteiger partial charge in [0.2, 0.25) is 0 Å². The Hall–Kier alpha value is -2.02. The molecule has 0 saturated carbocycles. The first-order valence-electron chi connectivity index (χ1n) is 6.01. The van der Waals surface area contributed by atoms with Gasteiger partial charge in [-0.1, -0.05) is 6.07 Å². The summed E-state index contributed by atoms with van der Waals surface area (Å²) >= 11 is 3.08. The van der Waals surface area contributed by atoms with Gasteiger partial charge in [-0.15, -0.1) is 0 Å². The van der Waals surface area contributed by atoms with Gasteiger partial charge in [-0.25, -0.2) is 8.78 Å². The van der Waals surface area contributed by atoms with Gasteiger partial charge >= 0.3 is 0 Å². The van der Waals surface area contributed by atoms with Crippen LogP contribution >= 0.6 is 15.9 Å². The van der Waals surface area contributed by atoms with E-state index in [1.807, 2.05) is 0 Å². The van der Waals surface area contributed by atoms with Gasteiger partial charge in [-0.2, -0.15) is 0 Å². The molecule has 0 spiro atoms. The highest BCUT2D eigenvalue weighted by atomic mass is 79.9. The average molecular weight is 357 g/mol. The fourth-order valence-electron chi connectivity index (χ4n) is 1.79. The van der Waals surface area contributed by atoms with Crippen molar-refractivity contribution >= 4 is 27.3 Å². The quantitative estimate of drug-likeness (QED) is 0.645. The predicted octanol–water partition coefficient (Wildman–Crippen LogP) is 4.56. The van der Waals surface area contributed by atoms with Crippen molar-refractivity contribution < 1.29 is 13.7 Å². The minimum Gasteiger partial charge on any atom is -0.379 e. The van der Waals surface area contributed by atoms with Crippen molar-refractivity contribution in [3.8, 4) is 0 Å². The van der Waals surface area contributed by atoms with E-state index in [9.17, 15) is 18.9 Å². The van der Waals surface area contributed by atoms with Crippen LogP contribution in [0.1, 0.15) is 11.1 Å². The molecule has 0 unspecified atom stereocenters. The molecule has 2 rings (SSSR count). The number of nitro groups is 1. The van der Waals surface area contributed by atoms with Gasteiger partial charge in [0, 0.05) is 18.7 Å². The molecule has 0 bridgehead atoms. The van der Waals surface area contributed by atoms with Crippen molar-refractivity contribution in [1.82, 2.24) is 0 Å². The summed E-state index contributed by atoms with van der Waals surface area (Å²) in [6, 6.07) is 6.74. The fourth-order valence-corrected chi connectivity index (χ4v) is 2.18. The molecule has 0 aliphatic carbocycles. The van der Waals surface area contributed by atoms with E-state index in [1.54, 1.807) is 12.1 Å². The van der Waals surface area contributed by atoms with Crippen molar-refractivity contribution in [2.24, 2.45) is 0 Å². The Morgan fingerprint density at radius 1 is 1.24 bits per heavy atom. The molecule has 1 N–H and O–H groups in total. The second-order valence-electron chi connectivity index (χ2n) is 4.48. The Labute approximate surface area is 128 Å². The second-order valence-corrected chi connectivity index (χ2v) is 5.33. The highest BCUT2D eigenvalue weighted by Crippen LogP contribution is 2.26. The Morgan fingerprint density at radius 2 is 1.95 bits per heavy atom. The molecular weight excluding hydrogens is 346 g/mol. The molecule has 0 aromatic heterocycles. The van der Waals surface area contributed by atoms with Crippen LogP contribution in [0.2, 0.25) is 0 Å². The molecule has 2 aromatic rings. The molecule has 2 aromatic carbocycles. The van der Waals surface area contributed by atoms with E-state index in [0.29, 0.717) is 10.0 Å². The molecule has 0 amide bonds. The van der Waals surface area contributed by atoms with Crippen LogP contribution in [0.5, 0.6) is 0 Å². The molecule has 110 valence electrons. The van der Waals surface area contributed by atoms with E-state index in [2.05, 4.69) is 21.2 Å². The first-order chi connectivity index (χ1) is 9.88. The van der Waals surface area contributed by atoms with Crippen molar-refractivity contribution in [2.45, 2.75) is 13.5 Å². The number of anilines is 1. The maximum absolute atomic E-state index is 13.7. The molecule has 0 atom stereocenters. The maximum Gasteiger partial charge on any atom is 0.283 e. The molecule has 0 saturated heterocycles. The third kappa shape index (κ3) is 3.55. The first-order valence-corrected chi connectivity index (χ1v) is 6.80. The summed E-state index contributed by atoms with van der Waals surface area (Å²) in [5, 5.41) is 13.6. The molecule has 0 heterocycles. The third-order valence-electron chi connectivity index (χ3n) is 2.94. The highest BCUT2D eigenvalue weighted by Gasteiger charge is 2.13. The monoisotopic (exact) mass is 356 g/mol. The zero-order valence-electron chi connectivity index (χ0n) is 11.0. The number of hydrogen-bond acceptors (Lipinski definition) is 3. The zero-order valence-corrected chi connectivity index (χ0v) is 12.6. The van der Waals surface area contributed by atoms with Crippen LogP contribution in [0, 0.1) is 28.7 Å².